The Bertz CT molecular complexity index is 1810. The molecule has 356 valence electrons. The van der Waals surface area contributed by atoms with Crippen molar-refractivity contribution in [1.82, 2.24) is 0 Å². The third-order valence-corrected chi connectivity index (χ3v) is 14.1. The molecular weight excluding hydrogens is 825 g/mol. The summed E-state index contributed by atoms with van der Waals surface area (Å²) in [4.78, 5) is 45.4. The van der Waals surface area contributed by atoms with Crippen molar-refractivity contribution >= 4 is 24.2 Å². The number of carboxylic acid groups (broad SMARTS) is 2. The molecule has 2 aromatic carbocycles. The van der Waals surface area contributed by atoms with E-state index in [1.807, 2.05) is 24.3 Å². The van der Waals surface area contributed by atoms with E-state index in [4.69, 9.17) is 38.6 Å². The van der Waals surface area contributed by atoms with Gasteiger partial charge in [0.1, 0.15) is 23.7 Å². The minimum absolute atomic E-state index is 0.159. The molecule has 64 heavy (non-hydrogen) atoms. The summed E-state index contributed by atoms with van der Waals surface area (Å²) in [6.07, 6.45) is 13.4. The molecule has 0 amide bonds. The van der Waals surface area contributed by atoms with E-state index in [9.17, 15) is 29.4 Å². The van der Waals surface area contributed by atoms with E-state index in [0.717, 1.165) is 120 Å². The number of hydrogen-bond donors (Lipinski definition) is 4. The van der Waals surface area contributed by atoms with E-state index in [0.29, 0.717) is 41.6 Å². The van der Waals surface area contributed by atoms with Crippen LogP contribution in [0, 0.1) is 35.5 Å². The molecule has 2 fully saturated rings. The fourth-order valence-corrected chi connectivity index (χ4v) is 11.0. The van der Waals surface area contributed by atoms with Gasteiger partial charge in [-0.05, 0) is 153 Å². The van der Waals surface area contributed by atoms with Gasteiger partial charge in [-0.2, -0.15) is 0 Å². The van der Waals surface area contributed by atoms with Gasteiger partial charge < -0.3 is 48.8 Å². The Labute approximate surface area is 378 Å². The lowest BCUT2D eigenvalue weighted by molar-refractivity contribution is -0.140. The molecule has 0 heterocycles. The Morgan fingerprint density at radius 3 is 1.73 bits per heavy atom. The molecule has 0 aliphatic heterocycles. The molecule has 2 saturated carbocycles. The third kappa shape index (κ3) is 14.2. The van der Waals surface area contributed by atoms with Gasteiger partial charge in [0.25, 0.3) is 0 Å². The minimum Gasteiger partial charge on any atom is -0.482 e. The fourth-order valence-electron chi connectivity index (χ4n) is 11.0. The first-order valence-electron chi connectivity index (χ1n) is 23.6. The van der Waals surface area contributed by atoms with E-state index in [-0.39, 0.29) is 49.5 Å². The molecule has 1 unspecified atom stereocenters. The Morgan fingerprint density at radius 2 is 1.19 bits per heavy atom. The van der Waals surface area contributed by atoms with Crippen LogP contribution in [0.15, 0.2) is 36.4 Å². The average Bonchev–Trinajstić information content (AvgIpc) is 3.77. The standard InChI is InChI=1S/2C25H36O7/c1-3-4-5-8-18(32-25(29)30-2)10-11-19-20-12-16-7-6-9-23(31-15-24(27)28)21(16)13-17(20)14-22(19)26;1-3-4-5-8-18(26)10-11-19-20-12-16-7-6-9-22(31-15-24(27)28)21(16)13-17(20)14-23(19)32-25(29)30-2/h6-7,9,17-20,22,26H,3-5,8,10-15H2,1-2H3,(H,27,28);6-7,9,17-20,23,26H,3-5,8,10-15H2,1-2H3,(H,27,28)/t17-,18-,19+,20-,22+;17-,18-,19+,20-,23?/m00/s1. The maximum Gasteiger partial charge on any atom is 0.508 e. The van der Waals surface area contributed by atoms with Gasteiger partial charge in [0.05, 0.1) is 26.4 Å². The van der Waals surface area contributed by atoms with Gasteiger partial charge in [0.15, 0.2) is 13.2 Å². The number of rotatable bonds is 22. The second kappa shape index (κ2) is 25.2. The Kier molecular flexibility index (Phi) is 19.9. The monoisotopic (exact) mass is 896 g/mol. The van der Waals surface area contributed by atoms with E-state index in [2.05, 4.69) is 26.0 Å². The smallest absolute Gasteiger partial charge is 0.482 e. The number of aliphatic hydroxyl groups is 2. The molecule has 0 radical (unpaired) electrons. The van der Waals surface area contributed by atoms with Crippen molar-refractivity contribution in [3.63, 3.8) is 0 Å². The van der Waals surface area contributed by atoms with Crippen LogP contribution >= 0.6 is 0 Å². The van der Waals surface area contributed by atoms with Crippen molar-refractivity contribution in [3.05, 3.63) is 58.7 Å². The van der Waals surface area contributed by atoms with Crippen LogP contribution in [-0.2, 0) is 54.2 Å². The molecule has 2 aromatic rings. The topological polar surface area (TPSA) is 205 Å². The lowest BCUT2D eigenvalue weighted by Gasteiger charge is -2.32. The lowest BCUT2D eigenvalue weighted by Crippen LogP contribution is -2.29. The summed E-state index contributed by atoms with van der Waals surface area (Å²) in [6, 6.07) is 11.6. The van der Waals surface area contributed by atoms with Gasteiger partial charge in [-0.1, -0.05) is 70.2 Å². The molecule has 0 saturated heterocycles. The Balaban J connectivity index is 0.000000241. The first kappa shape index (κ1) is 50.4. The quantitative estimate of drug-likeness (QED) is 0.0645. The normalized spacial score (nSPS) is 24.8. The molecule has 14 heteroatoms. The van der Waals surface area contributed by atoms with Crippen molar-refractivity contribution < 1.29 is 68.0 Å². The van der Waals surface area contributed by atoms with Crippen LogP contribution in [0.3, 0.4) is 0 Å². The first-order chi connectivity index (χ1) is 30.8. The van der Waals surface area contributed by atoms with Gasteiger partial charge in [-0.3, -0.25) is 0 Å². The van der Waals surface area contributed by atoms with E-state index < -0.39 is 24.2 Å². The van der Waals surface area contributed by atoms with Crippen LogP contribution in [0.1, 0.15) is 126 Å². The first-order valence-corrected chi connectivity index (χ1v) is 23.6. The molecule has 6 rings (SSSR count). The van der Waals surface area contributed by atoms with Gasteiger partial charge in [-0.25, -0.2) is 19.2 Å². The summed E-state index contributed by atoms with van der Waals surface area (Å²) in [5, 5.41) is 39.2. The van der Waals surface area contributed by atoms with E-state index in [1.165, 1.54) is 25.3 Å². The molecule has 4 N–H and O–H groups in total. The fraction of sp³-hybridized carbons (Fsp3) is 0.680. The Morgan fingerprint density at radius 1 is 0.656 bits per heavy atom. The highest BCUT2D eigenvalue weighted by atomic mass is 16.7. The number of fused-ring (bicyclic) bond motifs is 4. The zero-order chi connectivity index (χ0) is 46.2. The number of hydrogen-bond acceptors (Lipinski definition) is 12. The molecule has 0 spiro atoms. The summed E-state index contributed by atoms with van der Waals surface area (Å²) in [5.41, 5.74) is 4.49. The molecule has 4 aliphatic carbocycles. The van der Waals surface area contributed by atoms with Crippen molar-refractivity contribution in [1.29, 1.82) is 0 Å². The summed E-state index contributed by atoms with van der Waals surface area (Å²) in [5.74, 6) is 0.967. The van der Waals surface area contributed by atoms with E-state index >= 15 is 0 Å². The summed E-state index contributed by atoms with van der Waals surface area (Å²) in [7, 11) is 2.64. The van der Waals surface area contributed by atoms with Crippen LogP contribution in [0.5, 0.6) is 11.5 Å². The van der Waals surface area contributed by atoms with Gasteiger partial charge in [0, 0.05) is 0 Å². The number of methoxy groups -OCH3 is 2. The number of carboxylic acids is 2. The highest BCUT2D eigenvalue weighted by molar-refractivity contribution is 5.69. The third-order valence-electron chi connectivity index (χ3n) is 14.1. The van der Waals surface area contributed by atoms with Crippen LogP contribution < -0.4 is 9.47 Å². The van der Waals surface area contributed by atoms with Crippen molar-refractivity contribution in [2.75, 3.05) is 27.4 Å². The molecule has 0 bridgehead atoms. The Hall–Kier alpha value is -4.56. The summed E-state index contributed by atoms with van der Waals surface area (Å²) >= 11 is 0. The zero-order valence-electron chi connectivity index (χ0n) is 38.3. The zero-order valence-corrected chi connectivity index (χ0v) is 38.3. The highest BCUT2D eigenvalue weighted by Gasteiger charge is 2.48. The average molecular weight is 897 g/mol. The highest BCUT2D eigenvalue weighted by Crippen LogP contribution is 2.50. The minimum atomic E-state index is -0.999. The molecule has 10 atom stereocenters. The van der Waals surface area contributed by atoms with Crippen LogP contribution in [0.4, 0.5) is 9.59 Å². The predicted octanol–water partition coefficient (Wildman–Crippen LogP) is 8.75. The number of ether oxygens (including phenoxy) is 6. The number of aliphatic carboxylic acids is 2. The molecule has 0 aromatic heterocycles. The maximum absolute atomic E-state index is 11.9. The number of aliphatic hydroxyl groups excluding tert-OH is 2. The predicted molar refractivity (Wildman–Crippen MR) is 237 cm³/mol. The van der Waals surface area contributed by atoms with Crippen molar-refractivity contribution in [2.24, 2.45) is 35.5 Å². The number of carbonyl (C=O) groups excluding carboxylic acids is 2. The van der Waals surface area contributed by atoms with Gasteiger partial charge >= 0.3 is 24.2 Å². The second-order valence-electron chi connectivity index (χ2n) is 18.3. The summed E-state index contributed by atoms with van der Waals surface area (Å²) in [6.45, 7) is 3.58. The van der Waals surface area contributed by atoms with Crippen molar-refractivity contribution in [2.45, 2.75) is 154 Å². The number of carbonyl (C=O) groups is 4. The lowest BCUT2D eigenvalue weighted by atomic mass is 9.73. The van der Waals surface area contributed by atoms with Crippen LogP contribution in [0.25, 0.3) is 0 Å². The van der Waals surface area contributed by atoms with E-state index in [1.54, 1.807) is 0 Å². The molecular formula is C50H72O14. The van der Waals surface area contributed by atoms with Crippen LogP contribution in [-0.4, -0.2) is 96.5 Å². The maximum atomic E-state index is 11.9. The largest absolute Gasteiger partial charge is 0.508 e. The van der Waals surface area contributed by atoms with Crippen LogP contribution in [0.2, 0.25) is 0 Å². The van der Waals surface area contributed by atoms with Gasteiger partial charge in [0.2, 0.25) is 0 Å². The number of unbranched alkanes of at least 4 members (excludes halogenated alkanes) is 4. The summed E-state index contributed by atoms with van der Waals surface area (Å²) < 4.78 is 31.6. The second-order valence-corrected chi connectivity index (χ2v) is 18.3. The SMILES string of the molecule is CCCCC[C@@H](CC[C@@H]1[C@H]2Cc3cccc(OCC(=O)O)c3C[C@H]2C[C@H]1O)OC(=O)OC.CCCCC[C@H](O)CC[C@H]1C(OC(=O)OC)C[C@@H]2Cc3c(cccc3OCC(=O)O)C[C@@H]21. The molecule has 4 aliphatic rings. The van der Waals surface area contributed by atoms with Gasteiger partial charge in [-0.15, -0.1) is 0 Å². The van der Waals surface area contributed by atoms with Crippen molar-refractivity contribution in [3.8, 4) is 11.5 Å². The molecule has 14 nitrogen and oxygen atoms in total. The number of benzene rings is 2.